The second kappa shape index (κ2) is 9.69. The van der Waals surface area contributed by atoms with Crippen LogP contribution in [0.3, 0.4) is 0 Å². The van der Waals surface area contributed by atoms with Crippen LogP contribution >= 0.6 is 0 Å². The van der Waals surface area contributed by atoms with E-state index >= 15 is 0 Å². The fourth-order valence-electron chi connectivity index (χ4n) is 3.33. The molecule has 1 aromatic rings. The topological polar surface area (TPSA) is 107 Å². The van der Waals surface area contributed by atoms with E-state index < -0.39 is 0 Å². The number of anilines is 3. The highest BCUT2D eigenvalue weighted by molar-refractivity contribution is 5.41. The molecule has 2 aliphatic rings. The maximum atomic E-state index is 9.16. The Morgan fingerprint density at radius 2 is 1.72 bits per heavy atom. The number of hydrogen-bond donors (Lipinski definition) is 4. The largest absolute Gasteiger partial charge is 0.379 e. The van der Waals surface area contributed by atoms with Crippen LogP contribution in [0.25, 0.3) is 0 Å². The predicted octanol–water partition coefficient (Wildman–Crippen LogP) is 1.55. The molecule has 0 amide bonds. The Morgan fingerprint density at radius 3 is 2.48 bits per heavy atom. The number of ether oxygens (including phenoxy) is 1. The first-order valence-corrected chi connectivity index (χ1v) is 9.30. The van der Waals surface area contributed by atoms with Gasteiger partial charge in [0.1, 0.15) is 0 Å². The van der Waals surface area contributed by atoms with E-state index in [0.717, 1.165) is 58.7 Å². The van der Waals surface area contributed by atoms with Crippen molar-refractivity contribution in [3.05, 3.63) is 0 Å². The normalized spacial score (nSPS) is 19.6. The Balaban J connectivity index is 1.48. The van der Waals surface area contributed by atoms with E-state index in [9.17, 15) is 0 Å². The van der Waals surface area contributed by atoms with Crippen LogP contribution in [0, 0.1) is 0 Å². The maximum absolute atomic E-state index is 9.16. The third-order valence-corrected chi connectivity index (χ3v) is 4.71. The molecule has 3 rings (SSSR count). The van der Waals surface area contributed by atoms with E-state index in [2.05, 4.69) is 30.5 Å². The molecule has 1 aromatic heterocycles. The zero-order valence-corrected chi connectivity index (χ0v) is 14.7. The molecule has 1 aliphatic carbocycles. The highest BCUT2D eigenvalue weighted by atomic mass is 16.5. The van der Waals surface area contributed by atoms with Crippen molar-refractivity contribution in [2.24, 2.45) is 0 Å². The summed E-state index contributed by atoms with van der Waals surface area (Å²) in [7, 11) is 0. The van der Waals surface area contributed by atoms with Crippen molar-refractivity contribution in [1.29, 1.82) is 0 Å². The van der Waals surface area contributed by atoms with Crippen molar-refractivity contribution in [3.8, 4) is 0 Å². The van der Waals surface area contributed by atoms with Crippen LogP contribution in [0.5, 0.6) is 0 Å². The van der Waals surface area contributed by atoms with Gasteiger partial charge >= 0.3 is 0 Å². The number of nitrogens with one attached hydrogen (secondary N) is 3. The summed E-state index contributed by atoms with van der Waals surface area (Å²) in [5.41, 5.74) is 2.02. The lowest BCUT2D eigenvalue weighted by Gasteiger charge is -2.26. The summed E-state index contributed by atoms with van der Waals surface area (Å²) in [6, 6.07) is 0.400. The van der Waals surface area contributed by atoms with E-state index in [0.29, 0.717) is 17.9 Å². The summed E-state index contributed by atoms with van der Waals surface area (Å²) in [5, 5.41) is 15.7. The molecule has 1 saturated carbocycles. The molecule has 0 bridgehead atoms. The number of rotatable bonds is 8. The van der Waals surface area contributed by atoms with Crippen molar-refractivity contribution >= 4 is 17.8 Å². The Labute approximate surface area is 148 Å². The van der Waals surface area contributed by atoms with Gasteiger partial charge in [-0.2, -0.15) is 15.0 Å². The van der Waals surface area contributed by atoms with Crippen LogP contribution in [0.1, 0.15) is 38.5 Å². The Kier molecular flexibility index (Phi) is 7.01. The predicted molar refractivity (Wildman–Crippen MR) is 96.1 cm³/mol. The maximum Gasteiger partial charge on any atom is 0.253 e. The summed E-state index contributed by atoms with van der Waals surface area (Å²) in [4.78, 5) is 15.2. The van der Waals surface area contributed by atoms with Crippen molar-refractivity contribution < 1.29 is 9.94 Å². The molecular weight excluding hydrogens is 322 g/mol. The van der Waals surface area contributed by atoms with Crippen molar-refractivity contribution in [1.82, 2.24) is 19.9 Å². The lowest BCUT2D eigenvalue weighted by molar-refractivity contribution is 0.0378. The Hall–Kier alpha value is -1.71. The molecule has 9 nitrogen and oxygen atoms in total. The molecule has 4 N–H and O–H groups in total. The lowest BCUT2D eigenvalue weighted by Crippen LogP contribution is -2.37. The number of morpholine rings is 1. The average molecular weight is 351 g/mol. The summed E-state index contributed by atoms with van der Waals surface area (Å²) in [6.07, 6.45) is 7.04. The quantitative estimate of drug-likeness (QED) is 0.410. The molecular formula is C16H29N7O2. The van der Waals surface area contributed by atoms with Crippen molar-refractivity contribution in [2.75, 3.05) is 55.5 Å². The molecule has 1 saturated heterocycles. The van der Waals surface area contributed by atoms with Gasteiger partial charge in [0, 0.05) is 25.7 Å². The van der Waals surface area contributed by atoms with Gasteiger partial charge in [-0.05, 0) is 25.8 Å². The van der Waals surface area contributed by atoms with Crippen LogP contribution in [0.15, 0.2) is 0 Å². The third kappa shape index (κ3) is 5.94. The van der Waals surface area contributed by atoms with E-state index in [1.54, 1.807) is 0 Å². The van der Waals surface area contributed by atoms with Gasteiger partial charge in [0.25, 0.3) is 5.95 Å². The molecule has 0 aromatic carbocycles. The third-order valence-electron chi connectivity index (χ3n) is 4.71. The second-order valence-electron chi connectivity index (χ2n) is 6.63. The first-order chi connectivity index (χ1) is 12.3. The molecule has 2 fully saturated rings. The van der Waals surface area contributed by atoms with Gasteiger partial charge < -0.3 is 15.4 Å². The summed E-state index contributed by atoms with van der Waals surface area (Å²) in [6.45, 7) is 5.44. The van der Waals surface area contributed by atoms with Crippen molar-refractivity contribution in [2.45, 2.75) is 44.6 Å². The summed E-state index contributed by atoms with van der Waals surface area (Å²) >= 11 is 0. The van der Waals surface area contributed by atoms with Crippen LogP contribution < -0.4 is 16.1 Å². The lowest BCUT2D eigenvalue weighted by atomic mass is 9.96. The summed E-state index contributed by atoms with van der Waals surface area (Å²) < 4.78 is 5.35. The minimum Gasteiger partial charge on any atom is -0.379 e. The monoisotopic (exact) mass is 351 g/mol. The van der Waals surface area contributed by atoms with Gasteiger partial charge in [-0.15, -0.1) is 0 Å². The fourth-order valence-corrected chi connectivity index (χ4v) is 3.33. The van der Waals surface area contributed by atoms with Gasteiger partial charge in [-0.25, -0.2) is 5.48 Å². The molecule has 25 heavy (non-hydrogen) atoms. The molecule has 0 unspecified atom stereocenters. The zero-order valence-electron chi connectivity index (χ0n) is 14.7. The Morgan fingerprint density at radius 1 is 1.00 bits per heavy atom. The molecule has 0 radical (unpaired) electrons. The molecule has 9 heteroatoms. The van der Waals surface area contributed by atoms with Gasteiger partial charge in [0.05, 0.1) is 13.2 Å². The number of aromatic nitrogens is 3. The molecule has 0 spiro atoms. The standard InChI is InChI=1S/C16H29N7O2/c24-22-16-20-14(17-7-4-8-23-9-11-25-12-10-23)19-15(21-16)18-13-5-2-1-3-6-13/h13,24H,1-12H2,(H3,17,18,19,20,21,22). The van der Waals surface area contributed by atoms with Crippen LogP contribution in [0.2, 0.25) is 0 Å². The van der Waals surface area contributed by atoms with E-state index in [1.807, 2.05) is 5.48 Å². The number of nitrogens with zero attached hydrogens (tertiary/aromatic N) is 4. The zero-order chi connectivity index (χ0) is 17.3. The summed E-state index contributed by atoms with van der Waals surface area (Å²) in [5.74, 6) is 1.14. The fraction of sp³-hybridized carbons (Fsp3) is 0.812. The average Bonchev–Trinajstić information content (AvgIpc) is 2.67. The van der Waals surface area contributed by atoms with Gasteiger partial charge in [0.2, 0.25) is 11.9 Å². The highest BCUT2D eigenvalue weighted by Gasteiger charge is 2.15. The minimum atomic E-state index is 0.156. The van der Waals surface area contributed by atoms with E-state index in [1.165, 1.54) is 19.3 Å². The molecule has 1 aliphatic heterocycles. The Bertz CT molecular complexity index is 519. The molecule has 140 valence electrons. The van der Waals surface area contributed by atoms with Crippen molar-refractivity contribution in [3.63, 3.8) is 0 Å². The van der Waals surface area contributed by atoms with Crippen LogP contribution in [-0.2, 0) is 4.74 Å². The van der Waals surface area contributed by atoms with E-state index in [4.69, 9.17) is 9.94 Å². The minimum absolute atomic E-state index is 0.156. The highest BCUT2D eigenvalue weighted by Crippen LogP contribution is 2.21. The van der Waals surface area contributed by atoms with Gasteiger partial charge in [-0.3, -0.25) is 10.1 Å². The second-order valence-corrected chi connectivity index (χ2v) is 6.63. The first-order valence-electron chi connectivity index (χ1n) is 9.30. The molecule has 0 atom stereocenters. The SMILES string of the molecule is ONc1nc(NCCCN2CCOCC2)nc(NC2CCCCC2)n1. The smallest absolute Gasteiger partial charge is 0.253 e. The van der Waals surface area contributed by atoms with E-state index in [-0.39, 0.29) is 5.95 Å². The van der Waals surface area contributed by atoms with Crippen LogP contribution in [0.4, 0.5) is 17.8 Å². The molecule has 2 heterocycles. The first kappa shape index (κ1) is 18.1. The van der Waals surface area contributed by atoms with Crippen LogP contribution in [-0.4, -0.2) is 70.5 Å². The number of hydrogen-bond acceptors (Lipinski definition) is 9. The van der Waals surface area contributed by atoms with Gasteiger partial charge in [-0.1, -0.05) is 19.3 Å². The van der Waals surface area contributed by atoms with Gasteiger partial charge in [0.15, 0.2) is 0 Å².